The summed E-state index contributed by atoms with van der Waals surface area (Å²) in [6.45, 7) is 2.76. The maximum atomic E-state index is 11.7. The minimum atomic E-state index is 0.0917. The number of aromatic nitrogens is 2. The monoisotopic (exact) mass is 289 g/mol. The van der Waals surface area contributed by atoms with Gasteiger partial charge in [0, 0.05) is 37.2 Å². The van der Waals surface area contributed by atoms with Gasteiger partial charge in [-0.05, 0) is 30.5 Å². The van der Waals surface area contributed by atoms with E-state index in [0.717, 1.165) is 35.5 Å². The topological polar surface area (TPSA) is 54.9 Å². The molecule has 2 aromatic heterocycles. The average Bonchev–Trinajstić information content (AvgIpc) is 2.94. The van der Waals surface area contributed by atoms with Crippen LogP contribution in [0, 0.1) is 0 Å². The average molecular weight is 289 g/mol. The third-order valence-corrected chi connectivity index (χ3v) is 3.97. The van der Waals surface area contributed by atoms with Crippen LogP contribution >= 0.6 is 11.3 Å². The Morgan fingerprint density at radius 3 is 2.80 bits per heavy atom. The summed E-state index contributed by atoms with van der Waals surface area (Å²) >= 11 is 1.67. The van der Waals surface area contributed by atoms with Crippen molar-refractivity contribution in [3.63, 3.8) is 0 Å². The molecular weight excluding hydrogens is 270 g/mol. The summed E-state index contributed by atoms with van der Waals surface area (Å²) in [7, 11) is 0. The fourth-order valence-electron chi connectivity index (χ4n) is 1.83. The molecule has 106 valence electrons. The van der Waals surface area contributed by atoms with Crippen LogP contribution in [0.2, 0.25) is 0 Å². The molecule has 5 heteroatoms. The Hall–Kier alpha value is -1.75. The first-order valence-corrected chi connectivity index (χ1v) is 7.74. The lowest BCUT2D eigenvalue weighted by molar-refractivity contribution is -0.121. The van der Waals surface area contributed by atoms with Gasteiger partial charge in [-0.15, -0.1) is 11.3 Å². The van der Waals surface area contributed by atoms with Gasteiger partial charge in [-0.2, -0.15) is 0 Å². The molecule has 20 heavy (non-hydrogen) atoms. The summed E-state index contributed by atoms with van der Waals surface area (Å²) in [6, 6.07) is 3.88. The van der Waals surface area contributed by atoms with Crippen LogP contribution in [0.15, 0.2) is 29.9 Å². The highest BCUT2D eigenvalue weighted by molar-refractivity contribution is 7.09. The zero-order valence-electron chi connectivity index (χ0n) is 11.6. The highest BCUT2D eigenvalue weighted by Crippen LogP contribution is 2.10. The summed E-state index contributed by atoms with van der Waals surface area (Å²) in [5.74, 6) is 0.0917. The van der Waals surface area contributed by atoms with Crippen molar-refractivity contribution >= 4 is 17.2 Å². The van der Waals surface area contributed by atoms with Gasteiger partial charge in [-0.3, -0.25) is 9.78 Å². The number of rotatable bonds is 7. The van der Waals surface area contributed by atoms with E-state index in [2.05, 4.69) is 27.6 Å². The van der Waals surface area contributed by atoms with E-state index in [1.807, 2.05) is 12.1 Å². The van der Waals surface area contributed by atoms with Crippen molar-refractivity contribution < 1.29 is 4.79 Å². The maximum absolute atomic E-state index is 11.7. The van der Waals surface area contributed by atoms with Crippen LogP contribution in [0.1, 0.15) is 29.6 Å². The van der Waals surface area contributed by atoms with Crippen molar-refractivity contribution in [1.29, 1.82) is 0 Å². The molecule has 0 saturated heterocycles. The van der Waals surface area contributed by atoms with Gasteiger partial charge in [0.25, 0.3) is 0 Å². The Kier molecular flexibility index (Phi) is 5.68. The van der Waals surface area contributed by atoms with Gasteiger partial charge in [-0.25, -0.2) is 4.98 Å². The zero-order valence-corrected chi connectivity index (χ0v) is 12.4. The van der Waals surface area contributed by atoms with Crippen LogP contribution in [0.25, 0.3) is 0 Å². The minimum absolute atomic E-state index is 0.0917. The molecule has 2 heterocycles. The van der Waals surface area contributed by atoms with E-state index in [9.17, 15) is 4.79 Å². The molecule has 0 bridgehead atoms. The Morgan fingerprint density at radius 2 is 2.10 bits per heavy atom. The second-order valence-corrected chi connectivity index (χ2v) is 5.48. The van der Waals surface area contributed by atoms with Gasteiger partial charge in [0.2, 0.25) is 5.91 Å². The maximum Gasteiger partial charge on any atom is 0.220 e. The van der Waals surface area contributed by atoms with E-state index < -0.39 is 0 Å². The molecule has 0 fully saturated rings. The summed E-state index contributed by atoms with van der Waals surface area (Å²) < 4.78 is 0. The van der Waals surface area contributed by atoms with Crippen LogP contribution in [0.5, 0.6) is 0 Å². The highest BCUT2D eigenvalue weighted by Gasteiger charge is 2.04. The first kappa shape index (κ1) is 14.7. The number of thiazole rings is 1. The largest absolute Gasteiger partial charge is 0.356 e. The number of nitrogens with zero attached hydrogens (tertiary/aromatic N) is 2. The second kappa shape index (κ2) is 7.75. The third-order valence-electron chi connectivity index (χ3n) is 3.01. The van der Waals surface area contributed by atoms with Gasteiger partial charge in [0.15, 0.2) is 0 Å². The predicted octanol–water partition coefficient (Wildman–Crippen LogP) is 2.39. The standard InChI is InChI=1S/C15H19N3OS/c1-2-13-11-20-15(18-13)7-10-17-14(19)4-3-12-5-8-16-9-6-12/h5-6,8-9,11H,2-4,7,10H2,1H3,(H,17,19). The molecule has 0 spiro atoms. The Balaban J connectivity index is 1.65. The van der Waals surface area contributed by atoms with Crippen LogP contribution in [-0.2, 0) is 24.1 Å². The molecule has 0 aliphatic rings. The lowest BCUT2D eigenvalue weighted by Crippen LogP contribution is -2.25. The first-order valence-electron chi connectivity index (χ1n) is 6.87. The van der Waals surface area contributed by atoms with Crippen LogP contribution < -0.4 is 5.32 Å². The molecule has 0 aliphatic heterocycles. The zero-order chi connectivity index (χ0) is 14.2. The smallest absolute Gasteiger partial charge is 0.220 e. The second-order valence-electron chi connectivity index (χ2n) is 4.54. The molecule has 1 N–H and O–H groups in total. The quantitative estimate of drug-likeness (QED) is 0.851. The van der Waals surface area contributed by atoms with Gasteiger partial charge in [0.05, 0.1) is 10.7 Å². The number of hydrogen-bond acceptors (Lipinski definition) is 4. The first-order chi connectivity index (χ1) is 9.78. The molecule has 4 nitrogen and oxygen atoms in total. The fraction of sp³-hybridized carbons (Fsp3) is 0.400. The lowest BCUT2D eigenvalue weighted by atomic mass is 10.1. The Labute approximate surface area is 123 Å². The molecule has 0 saturated carbocycles. The predicted molar refractivity (Wildman–Crippen MR) is 80.8 cm³/mol. The number of aryl methyl sites for hydroxylation is 2. The molecular formula is C15H19N3OS. The van der Waals surface area contributed by atoms with Crippen molar-refractivity contribution in [2.45, 2.75) is 32.6 Å². The van der Waals surface area contributed by atoms with Gasteiger partial charge in [0.1, 0.15) is 0 Å². The summed E-state index contributed by atoms with van der Waals surface area (Å²) in [6.07, 6.45) is 6.55. The van der Waals surface area contributed by atoms with Crippen LogP contribution in [0.4, 0.5) is 0 Å². The molecule has 1 amide bonds. The minimum Gasteiger partial charge on any atom is -0.356 e. The van der Waals surface area contributed by atoms with E-state index in [-0.39, 0.29) is 5.91 Å². The number of pyridine rings is 1. The van der Waals surface area contributed by atoms with E-state index in [1.165, 1.54) is 0 Å². The Morgan fingerprint density at radius 1 is 1.30 bits per heavy atom. The number of carbonyl (C=O) groups excluding carboxylic acids is 1. The molecule has 0 unspecified atom stereocenters. The van der Waals surface area contributed by atoms with E-state index >= 15 is 0 Å². The van der Waals surface area contributed by atoms with Gasteiger partial charge < -0.3 is 5.32 Å². The molecule has 2 aromatic rings. The summed E-state index contributed by atoms with van der Waals surface area (Å²) in [5.41, 5.74) is 2.27. The summed E-state index contributed by atoms with van der Waals surface area (Å²) in [5, 5.41) is 6.12. The molecule has 2 rings (SSSR count). The molecule has 0 radical (unpaired) electrons. The normalized spacial score (nSPS) is 10.4. The van der Waals surface area contributed by atoms with Crippen molar-refractivity contribution in [3.8, 4) is 0 Å². The number of amides is 1. The van der Waals surface area contributed by atoms with Crippen molar-refractivity contribution in [3.05, 3.63) is 46.2 Å². The van der Waals surface area contributed by atoms with Crippen molar-refractivity contribution in [2.24, 2.45) is 0 Å². The van der Waals surface area contributed by atoms with Gasteiger partial charge in [-0.1, -0.05) is 6.92 Å². The number of hydrogen-bond donors (Lipinski definition) is 1. The Bertz CT molecular complexity index is 539. The molecule has 0 atom stereocenters. The van der Waals surface area contributed by atoms with Crippen molar-refractivity contribution in [1.82, 2.24) is 15.3 Å². The van der Waals surface area contributed by atoms with Crippen molar-refractivity contribution in [2.75, 3.05) is 6.54 Å². The summed E-state index contributed by atoms with van der Waals surface area (Å²) in [4.78, 5) is 20.2. The van der Waals surface area contributed by atoms with E-state index in [0.29, 0.717) is 13.0 Å². The molecule has 0 aromatic carbocycles. The van der Waals surface area contributed by atoms with E-state index in [1.54, 1.807) is 23.7 Å². The van der Waals surface area contributed by atoms with Gasteiger partial charge >= 0.3 is 0 Å². The van der Waals surface area contributed by atoms with E-state index in [4.69, 9.17) is 0 Å². The SMILES string of the molecule is CCc1csc(CCNC(=O)CCc2ccncc2)n1. The molecule has 0 aliphatic carbocycles. The fourth-order valence-corrected chi connectivity index (χ4v) is 2.71. The third kappa shape index (κ3) is 4.74. The number of nitrogens with one attached hydrogen (secondary N) is 1. The lowest BCUT2D eigenvalue weighted by Gasteiger charge is -2.04. The van der Waals surface area contributed by atoms with Crippen LogP contribution in [0.3, 0.4) is 0 Å². The van der Waals surface area contributed by atoms with Crippen LogP contribution in [-0.4, -0.2) is 22.4 Å². The highest BCUT2D eigenvalue weighted by atomic mass is 32.1. The number of carbonyl (C=O) groups is 1.